The van der Waals surface area contributed by atoms with E-state index in [9.17, 15) is 15.2 Å². The van der Waals surface area contributed by atoms with E-state index in [4.69, 9.17) is 0 Å². The average Bonchev–Trinajstić information content (AvgIpc) is 4.04. The number of rotatable bonds is 7. The van der Waals surface area contributed by atoms with E-state index in [1.54, 1.807) is 17.4 Å². The first kappa shape index (κ1) is 45.2. The number of nitrogens with zero attached hydrogens (tertiary/aromatic N) is 2. The number of benzene rings is 5. The molecule has 66 heavy (non-hydrogen) atoms. The number of carboxylic acids is 1. The topological polar surface area (TPSA) is 64.3 Å². The minimum Gasteiger partial charge on any atom is -0.477 e. The van der Waals surface area contributed by atoms with E-state index in [0.717, 1.165) is 42.1 Å². The smallest absolute Gasteiger partial charge is 0.346 e. The summed E-state index contributed by atoms with van der Waals surface area (Å²) in [5, 5.41) is 18.7. The third-order valence-electron chi connectivity index (χ3n) is 14.6. The Labute approximate surface area is 399 Å². The van der Waals surface area contributed by atoms with Crippen molar-refractivity contribution in [2.45, 2.75) is 93.9 Å². The molecule has 0 saturated heterocycles. The van der Waals surface area contributed by atoms with Crippen molar-refractivity contribution in [1.82, 2.24) is 0 Å². The van der Waals surface area contributed by atoms with Gasteiger partial charge in [0.25, 0.3) is 0 Å². The predicted octanol–water partition coefficient (Wildman–Crippen LogP) is 17.3. The second-order valence-electron chi connectivity index (χ2n) is 22.3. The normalized spacial score (nSPS) is 15.1. The van der Waals surface area contributed by atoms with Crippen molar-refractivity contribution < 1.29 is 9.90 Å². The van der Waals surface area contributed by atoms with Gasteiger partial charge in [-0.1, -0.05) is 156 Å². The maximum atomic E-state index is 11.5. The largest absolute Gasteiger partial charge is 0.477 e. The maximum Gasteiger partial charge on any atom is 0.346 e. The fraction of sp³-hybridized carbons (Fsp3) is 0.300. The molecule has 2 aliphatic rings. The van der Waals surface area contributed by atoms with Gasteiger partial charge < -0.3 is 10.0 Å². The van der Waals surface area contributed by atoms with Crippen LogP contribution in [-0.2, 0) is 15.6 Å². The lowest BCUT2D eigenvalue weighted by Crippen LogP contribution is -2.50. The second kappa shape index (κ2) is 15.5. The van der Waals surface area contributed by atoms with Crippen molar-refractivity contribution in [3.8, 4) is 48.5 Å². The Kier molecular flexibility index (Phi) is 10.6. The molecule has 2 aromatic heterocycles. The SMILES string of the molecule is CC(C)(C)C1(C(C)(C)C)c2ccccc2-c2ccc(N(c3ccc(-c4ccc(-c5ccc(/C=C(\C#N)C(=O)O)s5)s4)cc3)c3ccc4c(c3)C(C(C)(C)C)(C(C)(C)C)c3ccccc3-4)cc21. The van der Waals surface area contributed by atoms with Gasteiger partial charge in [-0.05, 0) is 138 Å². The molecule has 0 fully saturated rings. The van der Waals surface area contributed by atoms with E-state index in [0.29, 0.717) is 0 Å². The number of nitriles is 1. The summed E-state index contributed by atoms with van der Waals surface area (Å²) < 4.78 is 0. The number of anilines is 3. The van der Waals surface area contributed by atoms with Crippen LogP contribution in [0.1, 0.15) is 110 Å². The number of hydrogen-bond acceptors (Lipinski definition) is 5. The molecule has 5 aromatic carbocycles. The van der Waals surface area contributed by atoms with Crippen molar-refractivity contribution in [1.29, 1.82) is 5.26 Å². The van der Waals surface area contributed by atoms with Crippen molar-refractivity contribution in [2.75, 3.05) is 4.90 Å². The van der Waals surface area contributed by atoms with Crippen LogP contribution in [0.4, 0.5) is 17.1 Å². The van der Waals surface area contributed by atoms with Crippen molar-refractivity contribution in [3.63, 3.8) is 0 Å². The number of thiophene rings is 2. The molecule has 4 nitrogen and oxygen atoms in total. The summed E-state index contributed by atoms with van der Waals surface area (Å²) in [5.41, 5.74) is 14.1. The lowest BCUT2D eigenvalue weighted by Gasteiger charge is -2.53. The standard InChI is InChI=1S/C60H60N2O2S2/c1-55(2,3)59(56(4,5)6)47-19-15-13-17-43(47)45-28-25-40(34-49(45)59)62(41-26-29-46-44-18-14-16-20-48(44)60(50(46)35-41,57(7,8)9)58(10,11)12)39-23-21-37(22-24-39)51-31-32-53(66-51)52-30-27-42(65-52)33-38(36-61)54(63)64/h13-35H,1-12H3,(H,63,64)/b38-33+. The maximum absolute atomic E-state index is 11.5. The summed E-state index contributed by atoms with van der Waals surface area (Å²) in [7, 11) is 0. The fourth-order valence-corrected chi connectivity index (χ4v) is 15.0. The van der Waals surface area contributed by atoms with Gasteiger partial charge in [-0.2, -0.15) is 5.26 Å². The molecule has 0 saturated carbocycles. The van der Waals surface area contributed by atoms with Crippen LogP contribution in [0.3, 0.4) is 0 Å². The molecule has 0 bridgehead atoms. The Morgan fingerprint density at radius 1 is 0.515 bits per heavy atom. The van der Waals surface area contributed by atoms with Crippen LogP contribution in [0, 0.1) is 33.0 Å². The van der Waals surface area contributed by atoms with Crippen LogP contribution in [0.5, 0.6) is 0 Å². The van der Waals surface area contributed by atoms with E-state index in [-0.39, 0.29) is 38.1 Å². The molecule has 6 heteroatoms. The summed E-state index contributed by atoms with van der Waals surface area (Å²) in [6.45, 7) is 29.0. The molecule has 0 amide bonds. The highest BCUT2D eigenvalue weighted by Gasteiger charge is 2.59. The molecule has 0 unspecified atom stereocenters. The molecule has 0 aliphatic heterocycles. The van der Waals surface area contributed by atoms with Crippen LogP contribution >= 0.6 is 22.7 Å². The van der Waals surface area contributed by atoms with E-state index < -0.39 is 5.97 Å². The zero-order valence-corrected chi connectivity index (χ0v) is 42.0. The zero-order valence-electron chi connectivity index (χ0n) is 40.3. The Morgan fingerprint density at radius 2 is 0.924 bits per heavy atom. The lowest BCUT2D eigenvalue weighted by atomic mass is 9.50. The van der Waals surface area contributed by atoms with Crippen LogP contribution in [0.15, 0.2) is 139 Å². The Hall–Kier alpha value is -6.00. The summed E-state index contributed by atoms with van der Waals surface area (Å²) in [4.78, 5) is 18.0. The number of aliphatic carboxylic acids is 1. The molecule has 7 aromatic rings. The average molecular weight is 905 g/mol. The van der Waals surface area contributed by atoms with Gasteiger partial charge in [0.1, 0.15) is 11.6 Å². The monoisotopic (exact) mass is 904 g/mol. The molecule has 0 spiro atoms. The summed E-state index contributed by atoms with van der Waals surface area (Å²) in [6.07, 6.45) is 1.44. The lowest BCUT2D eigenvalue weighted by molar-refractivity contribution is -0.132. The third-order valence-corrected chi connectivity index (χ3v) is 17.0. The van der Waals surface area contributed by atoms with E-state index in [1.165, 1.54) is 61.9 Å². The molecule has 0 atom stereocenters. The summed E-state index contributed by atoms with van der Waals surface area (Å²) in [6, 6.07) is 51.6. The number of hydrogen-bond donors (Lipinski definition) is 1. The minimum absolute atomic E-state index is 0.102. The van der Waals surface area contributed by atoms with Crippen LogP contribution < -0.4 is 4.90 Å². The van der Waals surface area contributed by atoms with E-state index >= 15 is 0 Å². The Morgan fingerprint density at radius 3 is 1.38 bits per heavy atom. The van der Waals surface area contributed by atoms with Gasteiger partial charge in [-0.15, -0.1) is 22.7 Å². The van der Waals surface area contributed by atoms with Gasteiger partial charge in [0.05, 0.1) is 0 Å². The Bertz CT molecular complexity index is 2970. The van der Waals surface area contributed by atoms with Gasteiger partial charge in [0, 0.05) is 47.4 Å². The summed E-state index contributed by atoms with van der Waals surface area (Å²) >= 11 is 3.19. The number of carbonyl (C=O) groups is 1. The molecule has 9 rings (SSSR count). The minimum atomic E-state index is -1.22. The highest BCUT2D eigenvalue weighted by atomic mass is 32.1. The third kappa shape index (κ3) is 6.68. The first-order valence-electron chi connectivity index (χ1n) is 23.0. The molecule has 1 N–H and O–H groups in total. The van der Waals surface area contributed by atoms with Crippen LogP contribution in [0.25, 0.3) is 48.5 Å². The van der Waals surface area contributed by atoms with Crippen molar-refractivity contribution in [2.24, 2.45) is 21.7 Å². The molecule has 334 valence electrons. The predicted molar refractivity (Wildman–Crippen MR) is 279 cm³/mol. The second-order valence-corrected chi connectivity index (χ2v) is 24.5. The van der Waals surface area contributed by atoms with Gasteiger partial charge >= 0.3 is 5.97 Å². The molecule has 2 heterocycles. The number of fused-ring (bicyclic) bond motifs is 6. The van der Waals surface area contributed by atoms with Gasteiger partial charge in [0.15, 0.2) is 0 Å². The first-order chi connectivity index (χ1) is 31.0. The van der Waals surface area contributed by atoms with E-state index in [2.05, 4.69) is 209 Å². The van der Waals surface area contributed by atoms with Crippen molar-refractivity contribution in [3.05, 3.63) is 166 Å². The highest BCUT2D eigenvalue weighted by molar-refractivity contribution is 7.24. The zero-order chi connectivity index (χ0) is 47.4. The van der Waals surface area contributed by atoms with Gasteiger partial charge in [0.2, 0.25) is 0 Å². The number of carboxylic acid groups (broad SMARTS) is 1. The van der Waals surface area contributed by atoms with Crippen LogP contribution in [-0.4, -0.2) is 11.1 Å². The molecular formula is C60H60N2O2S2. The van der Waals surface area contributed by atoms with Crippen LogP contribution in [0.2, 0.25) is 0 Å². The summed E-state index contributed by atoms with van der Waals surface area (Å²) in [5.74, 6) is -1.22. The quantitative estimate of drug-likeness (QED) is 0.128. The van der Waals surface area contributed by atoms with Crippen molar-refractivity contribution >= 4 is 51.8 Å². The first-order valence-corrected chi connectivity index (χ1v) is 24.6. The molecule has 2 aliphatic carbocycles. The molecular weight excluding hydrogens is 845 g/mol. The van der Waals surface area contributed by atoms with Gasteiger partial charge in [-0.25, -0.2) is 4.79 Å². The fourth-order valence-electron chi connectivity index (χ4n) is 13.0. The Balaban J connectivity index is 1.22. The highest BCUT2D eigenvalue weighted by Crippen LogP contribution is 2.67. The van der Waals surface area contributed by atoms with Gasteiger partial charge in [-0.3, -0.25) is 0 Å². The molecule has 0 radical (unpaired) electrons. The van der Waals surface area contributed by atoms with E-state index in [1.807, 2.05) is 12.1 Å².